The SMILES string of the molecule is Cc1ccc(-c2nc3nc(N4CCC[C@H]4C(=O)N4CCN(c5ccccc5)C(=O)C4)nc(N)n3n2)o1. The number of furan rings is 1. The number of piperazine rings is 1. The number of nitrogens with zero attached hydrogens (tertiary/aromatic N) is 8. The van der Waals surface area contributed by atoms with Crippen LogP contribution < -0.4 is 15.5 Å². The molecule has 0 unspecified atom stereocenters. The molecule has 2 aliphatic rings. The van der Waals surface area contributed by atoms with E-state index in [1.165, 1.54) is 4.52 Å². The second kappa shape index (κ2) is 8.63. The molecule has 0 bridgehead atoms. The first-order valence-corrected chi connectivity index (χ1v) is 11.9. The molecule has 2 saturated heterocycles. The molecule has 2 aliphatic heterocycles. The van der Waals surface area contributed by atoms with Gasteiger partial charge in [0, 0.05) is 25.3 Å². The normalized spacial score (nSPS) is 18.4. The second-order valence-corrected chi connectivity index (χ2v) is 8.93. The maximum atomic E-state index is 13.5. The van der Waals surface area contributed by atoms with Crippen LogP contribution in [-0.4, -0.2) is 73.5 Å². The number of nitrogen functional groups attached to an aromatic ring is 1. The van der Waals surface area contributed by atoms with Crippen molar-refractivity contribution in [3.8, 4) is 11.6 Å². The van der Waals surface area contributed by atoms with Gasteiger partial charge in [0.2, 0.25) is 29.5 Å². The second-order valence-electron chi connectivity index (χ2n) is 8.93. The molecule has 1 aromatic carbocycles. The summed E-state index contributed by atoms with van der Waals surface area (Å²) in [6.45, 7) is 3.39. The Kier molecular flexibility index (Phi) is 5.28. The third kappa shape index (κ3) is 3.80. The first-order valence-electron chi connectivity index (χ1n) is 11.9. The number of hydrogen-bond acceptors (Lipinski definition) is 9. The lowest BCUT2D eigenvalue weighted by molar-refractivity contribution is -0.137. The summed E-state index contributed by atoms with van der Waals surface area (Å²) in [5, 5.41) is 4.36. The summed E-state index contributed by atoms with van der Waals surface area (Å²) in [5.74, 6) is 2.09. The Hall–Kier alpha value is -4.48. The zero-order valence-electron chi connectivity index (χ0n) is 19.7. The van der Waals surface area contributed by atoms with Crippen molar-refractivity contribution in [3.05, 3.63) is 48.2 Å². The highest BCUT2D eigenvalue weighted by Gasteiger charge is 2.38. The number of benzene rings is 1. The molecule has 12 heteroatoms. The molecule has 2 amide bonds. The highest BCUT2D eigenvalue weighted by molar-refractivity contribution is 5.99. The first kappa shape index (κ1) is 22.0. The van der Waals surface area contributed by atoms with E-state index in [-0.39, 0.29) is 30.1 Å². The van der Waals surface area contributed by atoms with Crippen LogP contribution in [0.4, 0.5) is 17.6 Å². The van der Waals surface area contributed by atoms with E-state index in [2.05, 4.69) is 20.1 Å². The molecule has 3 aromatic heterocycles. The minimum absolute atomic E-state index is 0.0379. The van der Waals surface area contributed by atoms with Gasteiger partial charge in [0.25, 0.3) is 5.78 Å². The van der Waals surface area contributed by atoms with Crippen molar-refractivity contribution < 1.29 is 14.0 Å². The summed E-state index contributed by atoms with van der Waals surface area (Å²) in [4.78, 5) is 44.9. The van der Waals surface area contributed by atoms with Crippen LogP contribution in [0.1, 0.15) is 18.6 Å². The number of fused-ring (bicyclic) bond motifs is 1. The number of hydrogen-bond donors (Lipinski definition) is 1. The molecule has 0 spiro atoms. The summed E-state index contributed by atoms with van der Waals surface area (Å²) in [6, 6.07) is 12.6. The van der Waals surface area contributed by atoms with E-state index in [1.54, 1.807) is 15.9 Å². The number of carbonyl (C=O) groups excluding carboxylic acids is 2. The smallest absolute Gasteiger partial charge is 0.259 e. The Bertz CT molecular complexity index is 1450. The van der Waals surface area contributed by atoms with Crippen molar-refractivity contribution in [3.63, 3.8) is 0 Å². The molecule has 4 aromatic rings. The van der Waals surface area contributed by atoms with Crippen molar-refractivity contribution >= 4 is 35.2 Å². The quantitative estimate of drug-likeness (QED) is 0.454. The largest absolute Gasteiger partial charge is 0.458 e. The number of aryl methyl sites for hydroxylation is 1. The fourth-order valence-electron chi connectivity index (χ4n) is 4.80. The summed E-state index contributed by atoms with van der Waals surface area (Å²) < 4.78 is 6.96. The first-order chi connectivity index (χ1) is 17.5. The molecule has 2 N–H and O–H groups in total. The fraction of sp³-hybridized carbons (Fsp3) is 0.333. The molecule has 36 heavy (non-hydrogen) atoms. The third-order valence-electron chi connectivity index (χ3n) is 6.58. The van der Waals surface area contributed by atoms with E-state index < -0.39 is 6.04 Å². The summed E-state index contributed by atoms with van der Waals surface area (Å²) in [6.07, 6.45) is 1.44. The Morgan fingerprint density at radius 1 is 1.06 bits per heavy atom. The molecule has 184 valence electrons. The van der Waals surface area contributed by atoms with Gasteiger partial charge < -0.3 is 24.9 Å². The minimum atomic E-state index is -0.474. The number of para-hydroxylation sites is 1. The topological polar surface area (TPSA) is 139 Å². The van der Waals surface area contributed by atoms with Gasteiger partial charge in [-0.2, -0.15) is 19.5 Å². The highest BCUT2D eigenvalue weighted by Crippen LogP contribution is 2.27. The van der Waals surface area contributed by atoms with Crippen molar-refractivity contribution in [2.45, 2.75) is 25.8 Å². The monoisotopic (exact) mass is 487 g/mol. The van der Waals surface area contributed by atoms with Crippen molar-refractivity contribution in [1.29, 1.82) is 0 Å². The molecular formula is C24H25N9O3. The lowest BCUT2D eigenvalue weighted by Gasteiger charge is -2.36. The zero-order chi connectivity index (χ0) is 24.8. The van der Waals surface area contributed by atoms with Gasteiger partial charge in [0.15, 0.2) is 5.76 Å². The van der Waals surface area contributed by atoms with Crippen LogP contribution in [0.15, 0.2) is 46.9 Å². The zero-order valence-corrected chi connectivity index (χ0v) is 19.7. The van der Waals surface area contributed by atoms with Crippen LogP contribution in [0.5, 0.6) is 0 Å². The van der Waals surface area contributed by atoms with Gasteiger partial charge in [-0.25, -0.2) is 0 Å². The van der Waals surface area contributed by atoms with E-state index >= 15 is 0 Å². The van der Waals surface area contributed by atoms with Gasteiger partial charge in [-0.1, -0.05) is 18.2 Å². The van der Waals surface area contributed by atoms with Crippen molar-refractivity contribution in [1.82, 2.24) is 29.5 Å². The molecule has 0 radical (unpaired) electrons. The van der Waals surface area contributed by atoms with E-state index in [0.717, 1.165) is 17.9 Å². The maximum absolute atomic E-state index is 13.5. The van der Waals surface area contributed by atoms with Crippen molar-refractivity contribution in [2.24, 2.45) is 0 Å². The van der Waals surface area contributed by atoms with Crippen LogP contribution in [0.25, 0.3) is 17.4 Å². The lowest BCUT2D eigenvalue weighted by Crippen LogP contribution is -2.56. The molecule has 0 saturated carbocycles. The number of carbonyl (C=O) groups is 2. The lowest BCUT2D eigenvalue weighted by atomic mass is 10.1. The molecule has 6 rings (SSSR count). The molecule has 0 aliphatic carbocycles. The molecule has 5 heterocycles. The summed E-state index contributed by atoms with van der Waals surface area (Å²) >= 11 is 0. The Morgan fingerprint density at radius 3 is 2.64 bits per heavy atom. The van der Waals surface area contributed by atoms with Gasteiger partial charge in [-0.3, -0.25) is 9.59 Å². The molecule has 12 nitrogen and oxygen atoms in total. The number of nitrogens with two attached hydrogens (primary N) is 1. The van der Waals surface area contributed by atoms with E-state index in [9.17, 15) is 9.59 Å². The van der Waals surface area contributed by atoms with Gasteiger partial charge in [-0.15, -0.1) is 5.10 Å². The standard InChI is InChI=1S/C24H25N9O3/c1-15-9-10-18(36-15)20-26-24-28-23(27-22(25)33(24)29-20)32-11-5-8-17(32)21(35)30-12-13-31(19(34)14-30)16-6-3-2-4-7-16/h2-4,6-7,9-10,17H,5,8,11-14H2,1H3,(H2,25,26,27,28,29)/t17-/m0/s1. The van der Waals surface area contributed by atoms with Gasteiger partial charge >= 0.3 is 0 Å². The molecule has 2 fully saturated rings. The maximum Gasteiger partial charge on any atom is 0.259 e. The van der Waals surface area contributed by atoms with Crippen LogP contribution >= 0.6 is 0 Å². The Morgan fingerprint density at radius 2 is 1.89 bits per heavy atom. The van der Waals surface area contributed by atoms with Gasteiger partial charge in [-0.05, 0) is 44.0 Å². The number of rotatable bonds is 4. The number of aromatic nitrogens is 5. The number of anilines is 3. The van der Waals surface area contributed by atoms with Crippen molar-refractivity contribution in [2.75, 3.05) is 41.7 Å². The average Bonchev–Trinajstić information content (AvgIpc) is 3.63. The Balaban J connectivity index is 1.22. The van der Waals surface area contributed by atoms with Crippen LogP contribution in [-0.2, 0) is 9.59 Å². The molecule has 1 atom stereocenters. The number of amides is 2. The summed E-state index contributed by atoms with van der Waals surface area (Å²) in [7, 11) is 0. The Labute approximate surface area is 206 Å². The van der Waals surface area contributed by atoms with Crippen LogP contribution in [0, 0.1) is 6.92 Å². The fourth-order valence-corrected chi connectivity index (χ4v) is 4.80. The highest BCUT2D eigenvalue weighted by atomic mass is 16.3. The predicted molar refractivity (Wildman–Crippen MR) is 131 cm³/mol. The van der Waals surface area contributed by atoms with E-state index in [1.807, 2.05) is 48.2 Å². The predicted octanol–water partition coefficient (Wildman–Crippen LogP) is 1.51. The van der Waals surface area contributed by atoms with Gasteiger partial charge in [0.1, 0.15) is 18.3 Å². The third-order valence-corrected chi connectivity index (χ3v) is 6.58. The summed E-state index contributed by atoms with van der Waals surface area (Å²) in [5.41, 5.74) is 7.02. The van der Waals surface area contributed by atoms with E-state index in [4.69, 9.17) is 10.2 Å². The van der Waals surface area contributed by atoms with E-state index in [0.29, 0.717) is 43.6 Å². The van der Waals surface area contributed by atoms with Crippen LogP contribution in [0.2, 0.25) is 0 Å². The van der Waals surface area contributed by atoms with Gasteiger partial charge in [0.05, 0.1) is 0 Å². The average molecular weight is 488 g/mol. The van der Waals surface area contributed by atoms with Crippen LogP contribution in [0.3, 0.4) is 0 Å². The minimum Gasteiger partial charge on any atom is -0.458 e. The molecular weight excluding hydrogens is 462 g/mol.